The minimum Gasteiger partial charge on any atom is -0.391 e. The van der Waals surface area contributed by atoms with E-state index in [9.17, 15) is 9.90 Å². The Kier molecular flexibility index (Phi) is 4.62. The standard InChI is InChI=1S/C10H15NO2S/c1-2-8(12)7-11-10(13)6-9-4-3-5-14-9/h3-5,8,12H,2,6-7H2,1H3,(H,11,13). The molecule has 1 amide bonds. The van der Waals surface area contributed by atoms with Crippen molar-refractivity contribution in [3.8, 4) is 0 Å². The lowest BCUT2D eigenvalue weighted by Crippen LogP contribution is -2.32. The molecule has 0 aliphatic carbocycles. The highest BCUT2D eigenvalue weighted by atomic mass is 32.1. The summed E-state index contributed by atoms with van der Waals surface area (Å²) in [6.45, 7) is 2.23. The zero-order chi connectivity index (χ0) is 10.4. The maximum Gasteiger partial charge on any atom is 0.225 e. The summed E-state index contributed by atoms with van der Waals surface area (Å²) in [7, 11) is 0. The molecule has 1 rings (SSSR count). The molecule has 0 saturated carbocycles. The van der Waals surface area contributed by atoms with E-state index >= 15 is 0 Å². The Hall–Kier alpha value is -0.870. The Labute approximate surface area is 87.8 Å². The van der Waals surface area contributed by atoms with Crippen molar-refractivity contribution in [3.05, 3.63) is 22.4 Å². The van der Waals surface area contributed by atoms with E-state index in [1.54, 1.807) is 11.3 Å². The zero-order valence-electron chi connectivity index (χ0n) is 8.19. The summed E-state index contributed by atoms with van der Waals surface area (Å²) in [6, 6.07) is 3.86. The second kappa shape index (κ2) is 5.78. The Bertz CT molecular complexity index is 272. The fourth-order valence-corrected chi connectivity index (χ4v) is 1.71. The molecule has 4 heteroatoms. The summed E-state index contributed by atoms with van der Waals surface area (Å²) in [4.78, 5) is 12.4. The number of carbonyl (C=O) groups is 1. The number of aliphatic hydroxyl groups is 1. The highest BCUT2D eigenvalue weighted by Gasteiger charge is 2.06. The van der Waals surface area contributed by atoms with Crippen LogP contribution < -0.4 is 5.32 Å². The van der Waals surface area contributed by atoms with Crippen molar-refractivity contribution in [1.29, 1.82) is 0 Å². The van der Waals surface area contributed by atoms with Crippen molar-refractivity contribution < 1.29 is 9.90 Å². The summed E-state index contributed by atoms with van der Waals surface area (Å²) in [6.07, 6.45) is 0.648. The van der Waals surface area contributed by atoms with Gasteiger partial charge in [0, 0.05) is 11.4 Å². The van der Waals surface area contributed by atoms with Crippen molar-refractivity contribution in [2.24, 2.45) is 0 Å². The van der Waals surface area contributed by atoms with E-state index in [4.69, 9.17) is 0 Å². The molecular weight excluding hydrogens is 198 g/mol. The third-order valence-corrected chi connectivity index (χ3v) is 2.80. The van der Waals surface area contributed by atoms with Gasteiger partial charge in [0.25, 0.3) is 0 Å². The third kappa shape index (κ3) is 3.89. The lowest BCUT2D eigenvalue weighted by Gasteiger charge is -2.08. The number of amides is 1. The topological polar surface area (TPSA) is 49.3 Å². The van der Waals surface area contributed by atoms with Crippen molar-refractivity contribution in [2.75, 3.05) is 6.54 Å². The monoisotopic (exact) mass is 213 g/mol. The Morgan fingerprint density at radius 3 is 3.07 bits per heavy atom. The van der Waals surface area contributed by atoms with Gasteiger partial charge in [0.15, 0.2) is 0 Å². The van der Waals surface area contributed by atoms with Gasteiger partial charge in [-0.05, 0) is 17.9 Å². The molecule has 1 heterocycles. The third-order valence-electron chi connectivity index (χ3n) is 1.92. The highest BCUT2D eigenvalue weighted by Crippen LogP contribution is 2.08. The van der Waals surface area contributed by atoms with Gasteiger partial charge in [0.1, 0.15) is 0 Å². The number of carbonyl (C=O) groups excluding carboxylic acids is 1. The number of aliphatic hydroxyl groups excluding tert-OH is 1. The van der Waals surface area contributed by atoms with Crippen LogP contribution in [0.15, 0.2) is 17.5 Å². The molecule has 1 aromatic rings. The van der Waals surface area contributed by atoms with E-state index in [2.05, 4.69) is 5.32 Å². The van der Waals surface area contributed by atoms with Gasteiger partial charge in [0.05, 0.1) is 12.5 Å². The summed E-state index contributed by atoms with van der Waals surface area (Å²) in [5.74, 6) is -0.0278. The first-order valence-electron chi connectivity index (χ1n) is 4.69. The smallest absolute Gasteiger partial charge is 0.225 e. The van der Waals surface area contributed by atoms with E-state index < -0.39 is 6.10 Å². The minimum atomic E-state index is -0.428. The molecule has 0 fully saturated rings. The molecule has 78 valence electrons. The molecule has 0 bridgehead atoms. The predicted molar refractivity (Wildman–Crippen MR) is 57.3 cm³/mol. The van der Waals surface area contributed by atoms with E-state index in [0.29, 0.717) is 19.4 Å². The number of thiophene rings is 1. The molecule has 2 N–H and O–H groups in total. The van der Waals surface area contributed by atoms with Gasteiger partial charge >= 0.3 is 0 Å². The van der Waals surface area contributed by atoms with Crippen molar-refractivity contribution >= 4 is 17.2 Å². The van der Waals surface area contributed by atoms with Gasteiger partial charge in [0.2, 0.25) is 5.91 Å². The normalized spacial score (nSPS) is 12.4. The molecule has 0 radical (unpaired) electrons. The van der Waals surface area contributed by atoms with Crippen LogP contribution in [-0.4, -0.2) is 23.7 Å². The maximum atomic E-state index is 11.3. The van der Waals surface area contributed by atoms with Crippen molar-refractivity contribution in [1.82, 2.24) is 5.32 Å². The van der Waals surface area contributed by atoms with Gasteiger partial charge in [-0.25, -0.2) is 0 Å². The second-order valence-electron chi connectivity index (χ2n) is 3.12. The number of rotatable bonds is 5. The maximum absolute atomic E-state index is 11.3. The molecule has 1 aromatic heterocycles. The largest absolute Gasteiger partial charge is 0.391 e. The van der Waals surface area contributed by atoms with Crippen molar-refractivity contribution in [3.63, 3.8) is 0 Å². The molecule has 14 heavy (non-hydrogen) atoms. The molecule has 0 spiro atoms. The van der Waals surface area contributed by atoms with Crippen LogP contribution in [-0.2, 0) is 11.2 Å². The molecule has 0 aromatic carbocycles. The summed E-state index contributed by atoms with van der Waals surface area (Å²) in [5.41, 5.74) is 0. The first kappa shape index (κ1) is 11.2. The summed E-state index contributed by atoms with van der Waals surface area (Å²) < 4.78 is 0. The highest BCUT2D eigenvalue weighted by molar-refractivity contribution is 7.10. The first-order chi connectivity index (χ1) is 6.72. The van der Waals surface area contributed by atoms with Crippen LogP contribution in [0.2, 0.25) is 0 Å². The van der Waals surface area contributed by atoms with Crippen molar-refractivity contribution in [2.45, 2.75) is 25.9 Å². The van der Waals surface area contributed by atoms with Gasteiger partial charge in [-0.15, -0.1) is 11.3 Å². The van der Waals surface area contributed by atoms with Gasteiger partial charge < -0.3 is 10.4 Å². The minimum absolute atomic E-state index is 0.0278. The molecule has 0 aliphatic rings. The van der Waals surface area contributed by atoms with Crippen LogP contribution in [0, 0.1) is 0 Å². The van der Waals surface area contributed by atoms with E-state index in [0.717, 1.165) is 4.88 Å². The van der Waals surface area contributed by atoms with E-state index in [1.165, 1.54) is 0 Å². The van der Waals surface area contributed by atoms with Crippen LogP contribution in [0.25, 0.3) is 0 Å². The van der Waals surface area contributed by atoms with Gasteiger partial charge in [-0.3, -0.25) is 4.79 Å². The second-order valence-corrected chi connectivity index (χ2v) is 4.15. The summed E-state index contributed by atoms with van der Waals surface area (Å²) >= 11 is 1.57. The van der Waals surface area contributed by atoms with E-state index in [-0.39, 0.29) is 5.91 Å². The van der Waals surface area contributed by atoms with Crippen LogP contribution in [0.1, 0.15) is 18.2 Å². The number of nitrogens with one attached hydrogen (secondary N) is 1. The Balaban J connectivity index is 2.23. The Morgan fingerprint density at radius 2 is 2.50 bits per heavy atom. The summed E-state index contributed by atoms with van der Waals surface area (Å²) in [5, 5.41) is 13.9. The van der Waals surface area contributed by atoms with Crippen LogP contribution >= 0.6 is 11.3 Å². The van der Waals surface area contributed by atoms with E-state index in [1.807, 2.05) is 24.4 Å². The molecule has 3 nitrogen and oxygen atoms in total. The molecule has 1 atom stereocenters. The van der Waals surface area contributed by atoms with Crippen LogP contribution in [0.3, 0.4) is 0 Å². The lowest BCUT2D eigenvalue weighted by molar-refractivity contribution is -0.120. The molecule has 1 unspecified atom stereocenters. The fraction of sp³-hybridized carbons (Fsp3) is 0.500. The Morgan fingerprint density at radius 1 is 1.71 bits per heavy atom. The average Bonchev–Trinajstić information content (AvgIpc) is 2.66. The SMILES string of the molecule is CCC(O)CNC(=O)Cc1cccs1. The zero-order valence-corrected chi connectivity index (χ0v) is 9.01. The lowest BCUT2D eigenvalue weighted by atomic mass is 10.2. The number of hydrogen-bond donors (Lipinski definition) is 2. The van der Waals surface area contributed by atoms with Gasteiger partial charge in [-0.1, -0.05) is 13.0 Å². The fourth-order valence-electron chi connectivity index (χ4n) is 1.01. The number of hydrogen-bond acceptors (Lipinski definition) is 3. The molecular formula is C10H15NO2S. The average molecular weight is 213 g/mol. The molecule has 0 aliphatic heterocycles. The molecule has 0 saturated heterocycles. The quantitative estimate of drug-likeness (QED) is 0.771. The predicted octanol–water partition coefficient (Wildman–Crippen LogP) is 1.18. The van der Waals surface area contributed by atoms with Crippen LogP contribution in [0.4, 0.5) is 0 Å². The van der Waals surface area contributed by atoms with Gasteiger partial charge in [-0.2, -0.15) is 0 Å². The first-order valence-corrected chi connectivity index (χ1v) is 5.57. The van der Waals surface area contributed by atoms with Crippen LogP contribution in [0.5, 0.6) is 0 Å².